The summed E-state index contributed by atoms with van der Waals surface area (Å²) >= 11 is 0. The van der Waals surface area contributed by atoms with Gasteiger partial charge in [0.1, 0.15) is 11.6 Å². The van der Waals surface area contributed by atoms with E-state index in [1.54, 1.807) is 0 Å². The van der Waals surface area contributed by atoms with Gasteiger partial charge >= 0.3 is 6.18 Å². The quantitative estimate of drug-likeness (QED) is 0.837. The lowest BCUT2D eigenvalue weighted by Crippen LogP contribution is -2.33. The topological polar surface area (TPSA) is 55.0 Å². The molecule has 1 aliphatic heterocycles. The summed E-state index contributed by atoms with van der Waals surface area (Å²) in [5.74, 6) is -0.391. The predicted molar refractivity (Wildman–Crippen MR) is 59.9 cm³/mol. The van der Waals surface area contributed by atoms with Crippen LogP contribution in [0.3, 0.4) is 0 Å². The molecule has 3 rings (SSSR count). The molecule has 1 saturated heterocycles. The number of anilines is 2. The number of aromatic nitrogens is 2. The van der Waals surface area contributed by atoms with Gasteiger partial charge in [-0.2, -0.15) is 13.2 Å². The molecule has 1 aromatic rings. The van der Waals surface area contributed by atoms with E-state index in [9.17, 15) is 13.2 Å². The summed E-state index contributed by atoms with van der Waals surface area (Å²) in [5.41, 5.74) is 5.44. The molecule has 0 radical (unpaired) electrons. The van der Waals surface area contributed by atoms with E-state index in [-0.39, 0.29) is 5.82 Å². The third-order valence-corrected chi connectivity index (χ3v) is 3.69. The predicted octanol–water partition coefficient (Wildman–Crippen LogP) is 2.07. The number of fused-ring (bicyclic) bond motifs is 2. The Hall–Kier alpha value is -1.53. The fraction of sp³-hybridized carbons (Fsp3) is 0.636. The van der Waals surface area contributed by atoms with Gasteiger partial charge in [0.05, 0.1) is 0 Å². The highest BCUT2D eigenvalue weighted by Gasteiger charge is 2.40. The zero-order chi connectivity index (χ0) is 12.9. The number of nitrogens with two attached hydrogens (primary N) is 1. The van der Waals surface area contributed by atoms with Crippen molar-refractivity contribution >= 4 is 11.6 Å². The molecule has 0 amide bonds. The Bertz CT molecular complexity index is 474. The van der Waals surface area contributed by atoms with Crippen molar-refractivity contribution in [2.75, 3.05) is 17.2 Å². The monoisotopic (exact) mass is 258 g/mol. The Labute approximate surface area is 102 Å². The van der Waals surface area contributed by atoms with E-state index in [4.69, 9.17) is 5.73 Å². The fourth-order valence-electron chi connectivity index (χ4n) is 2.93. The fourth-order valence-corrected chi connectivity index (χ4v) is 2.93. The minimum Gasteiger partial charge on any atom is -0.384 e. The molecule has 0 aromatic carbocycles. The minimum atomic E-state index is -4.55. The van der Waals surface area contributed by atoms with E-state index in [2.05, 4.69) is 9.97 Å². The van der Waals surface area contributed by atoms with Gasteiger partial charge < -0.3 is 10.6 Å². The number of nitrogen functional groups attached to an aromatic ring is 1. The van der Waals surface area contributed by atoms with Crippen LogP contribution in [0.1, 0.15) is 25.1 Å². The second kappa shape index (κ2) is 3.73. The van der Waals surface area contributed by atoms with Crippen LogP contribution in [0.5, 0.6) is 0 Å². The van der Waals surface area contributed by atoms with Gasteiger partial charge in [-0.15, -0.1) is 0 Å². The average Bonchev–Trinajstić information content (AvgIpc) is 2.88. The number of piperidine rings is 1. The van der Waals surface area contributed by atoms with Gasteiger partial charge in [-0.3, -0.25) is 0 Å². The second-order valence-electron chi connectivity index (χ2n) is 4.96. The number of hydrogen-bond acceptors (Lipinski definition) is 4. The third kappa shape index (κ3) is 1.87. The van der Waals surface area contributed by atoms with E-state index in [0.717, 1.165) is 25.8 Å². The van der Waals surface area contributed by atoms with Crippen LogP contribution in [-0.4, -0.2) is 22.6 Å². The van der Waals surface area contributed by atoms with Crippen LogP contribution in [0.15, 0.2) is 6.07 Å². The summed E-state index contributed by atoms with van der Waals surface area (Å²) in [6.45, 7) is 0.776. The van der Waals surface area contributed by atoms with Gasteiger partial charge in [0, 0.05) is 18.7 Å². The first-order chi connectivity index (χ1) is 8.43. The van der Waals surface area contributed by atoms with Crippen molar-refractivity contribution in [1.29, 1.82) is 0 Å². The maximum absolute atomic E-state index is 12.6. The largest absolute Gasteiger partial charge is 0.451 e. The van der Waals surface area contributed by atoms with Crippen LogP contribution >= 0.6 is 0 Å². The summed E-state index contributed by atoms with van der Waals surface area (Å²) in [5, 5.41) is 0. The summed E-state index contributed by atoms with van der Waals surface area (Å²) < 4.78 is 37.9. The molecule has 2 unspecified atom stereocenters. The van der Waals surface area contributed by atoms with Crippen LogP contribution in [-0.2, 0) is 6.18 Å². The van der Waals surface area contributed by atoms with E-state index in [1.807, 2.05) is 4.90 Å². The lowest BCUT2D eigenvalue weighted by Gasteiger charge is -2.28. The molecule has 18 heavy (non-hydrogen) atoms. The number of hydrogen-bond donors (Lipinski definition) is 1. The number of nitrogens with zero attached hydrogens (tertiary/aromatic N) is 3. The molecule has 4 nitrogen and oxygen atoms in total. The van der Waals surface area contributed by atoms with Crippen molar-refractivity contribution in [3.8, 4) is 0 Å². The molecule has 0 spiro atoms. The smallest absolute Gasteiger partial charge is 0.384 e. The van der Waals surface area contributed by atoms with Crippen molar-refractivity contribution in [1.82, 2.24) is 9.97 Å². The summed E-state index contributed by atoms with van der Waals surface area (Å²) in [6, 6.07) is 1.74. The van der Waals surface area contributed by atoms with Gasteiger partial charge in [0.25, 0.3) is 0 Å². The summed E-state index contributed by atoms with van der Waals surface area (Å²) in [4.78, 5) is 8.80. The van der Waals surface area contributed by atoms with Crippen molar-refractivity contribution in [2.24, 2.45) is 5.92 Å². The minimum absolute atomic E-state index is 0.130. The highest BCUT2D eigenvalue weighted by Crippen LogP contribution is 2.40. The highest BCUT2D eigenvalue weighted by atomic mass is 19.4. The molecule has 2 heterocycles. The van der Waals surface area contributed by atoms with Crippen LogP contribution in [0.4, 0.5) is 24.8 Å². The average molecular weight is 258 g/mol. The van der Waals surface area contributed by atoms with Gasteiger partial charge in [0.2, 0.25) is 5.82 Å². The Morgan fingerprint density at radius 2 is 2.06 bits per heavy atom. The van der Waals surface area contributed by atoms with E-state index >= 15 is 0 Å². The van der Waals surface area contributed by atoms with Crippen molar-refractivity contribution < 1.29 is 13.2 Å². The first-order valence-corrected chi connectivity index (χ1v) is 5.92. The molecule has 98 valence electrons. The molecule has 2 bridgehead atoms. The van der Waals surface area contributed by atoms with Gasteiger partial charge in [-0.1, -0.05) is 0 Å². The van der Waals surface area contributed by atoms with Crippen LogP contribution < -0.4 is 10.6 Å². The maximum atomic E-state index is 12.6. The standard InChI is InChI=1S/C11H13F3N4/c12-11(13,14)10-16-8(15)4-9(17-10)18-5-6-1-2-7(18)3-6/h4,6-7H,1-3,5H2,(H2,15,16,17). The van der Waals surface area contributed by atoms with Crippen molar-refractivity contribution in [2.45, 2.75) is 31.5 Å². The Balaban J connectivity index is 1.95. The number of rotatable bonds is 1. The lowest BCUT2D eigenvalue weighted by atomic mass is 10.1. The molecule has 7 heteroatoms. The van der Waals surface area contributed by atoms with Crippen molar-refractivity contribution in [3.63, 3.8) is 0 Å². The Morgan fingerprint density at radius 1 is 1.28 bits per heavy atom. The molecular formula is C11H13F3N4. The zero-order valence-electron chi connectivity index (χ0n) is 9.61. The first kappa shape index (κ1) is 11.6. The first-order valence-electron chi connectivity index (χ1n) is 5.92. The van der Waals surface area contributed by atoms with Gasteiger partial charge in [-0.05, 0) is 25.2 Å². The summed E-state index contributed by atoms with van der Waals surface area (Å²) in [6.07, 6.45) is -1.32. The van der Waals surface area contributed by atoms with E-state index < -0.39 is 12.0 Å². The highest BCUT2D eigenvalue weighted by molar-refractivity contribution is 5.49. The molecule has 1 saturated carbocycles. The van der Waals surface area contributed by atoms with Crippen LogP contribution in [0, 0.1) is 5.92 Å². The third-order valence-electron chi connectivity index (χ3n) is 3.69. The lowest BCUT2D eigenvalue weighted by molar-refractivity contribution is -0.144. The number of alkyl halides is 3. The Morgan fingerprint density at radius 3 is 2.61 bits per heavy atom. The normalized spacial score (nSPS) is 26.9. The van der Waals surface area contributed by atoms with Crippen LogP contribution in [0.2, 0.25) is 0 Å². The van der Waals surface area contributed by atoms with Crippen LogP contribution in [0.25, 0.3) is 0 Å². The molecule has 2 atom stereocenters. The summed E-state index contributed by atoms with van der Waals surface area (Å²) in [7, 11) is 0. The molecule has 1 aliphatic carbocycles. The number of halogens is 3. The van der Waals surface area contributed by atoms with E-state index in [0.29, 0.717) is 17.8 Å². The second-order valence-corrected chi connectivity index (χ2v) is 4.96. The molecule has 1 aromatic heterocycles. The van der Waals surface area contributed by atoms with Gasteiger partial charge in [0.15, 0.2) is 0 Å². The van der Waals surface area contributed by atoms with E-state index in [1.165, 1.54) is 6.07 Å². The molecular weight excluding hydrogens is 245 g/mol. The van der Waals surface area contributed by atoms with Gasteiger partial charge in [-0.25, -0.2) is 9.97 Å². The maximum Gasteiger partial charge on any atom is 0.451 e. The molecule has 2 N–H and O–H groups in total. The Kier molecular flexibility index (Phi) is 2.39. The SMILES string of the molecule is Nc1cc(N2CC3CCC2C3)nc(C(F)(F)F)n1. The molecule has 2 fully saturated rings. The molecule has 2 aliphatic rings. The zero-order valence-corrected chi connectivity index (χ0v) is 9.61. The van der Waals surface area contributed by atoms with Crippen molar-refractivity contribution in [3.05, 3.63) is 11.9 Å².